The molecule has 0 aliphatic rings. The number of ether oxygens (including phenoxy) is 4. The lowest BCUT2D eigenvalue weighted by Gasteiger charge is -2.18. The van der Waals surface area contributed by atoms with E-state index in [1.165, 1.54) is 0 Å². The Morgan fingerprint density at radius 1 is 0.708 bits per heavy atom. The van der Waals surface area contributed by atoms with Crippen LogP contribution < -0.4 is 0 Å². The predicted octanol–water partition coefficient (Wildman–Crippen LogP) is 3.96. The van der Waals surface area contributed by atoms with Gasteiger partial charge in [0, 0.05) is 12.8 Å². The summed E-state index contributed by atoms with van der Waals surface area (Å²) in [5.74, 6) is -0.625. The van der Waals surface area contributed by atoms with Gasteiger partial charge in [0.15, 0.2) is 12.6 Å². The van der Waals surface area contributed by atoms with E-state index in [2.05, 4.69) is 0 Å². The molecule has 0 saturated carbocycles. The highest BCUT2D eigenvalue weighted by Gasteiger charge is 2.14. The molecule has 0 bridgehead atoms. The van der Waals surface area contributed by atoms with E-state index in [9.17, 15) is 9.59 Å². The van der Waals surface area contributed by atoms with Crippen LogP contribution in [0, 0.1) is 0 Å². The Morgan fingerprint density at radius 3 is 1.33 bits per heavy atom. The lowest BCUT2D eigenvalue weighted by Crippen LogP contribution is -2.23. The second-order valence-corrected chi connectivity index (χ2v) is 6.03. The van der Waals surface area contributed by atoms with Gasteiger partial charge in [0.1, 0.15) is 0 Å². The summed E-state index contributed by atoms with van der Waals surface area (Å²) in [7, 11) is 0. The van der Waals surface area contributed by atoms with Crippen molar-refractivity contribution >= 4 is 11.9 Å². The summed E-state index contributed by atoms with van der Waals surface area (Å²) in [6.45, 7) is 11.3. The van der Waals surface area contributed by atoms with E-state index >= 15 is 0 Å². The van der Waals surface area contributed by atoms with E-state index in [0.717, 1.165) is 12.8 Å². The first-order valence-electron chi connectivity index (χ1n) is 8.98. The maximum absolute atomic E-state index is 11.7. The molecular weight excluding hydrogens is 312 g/mol. The molecule has 24 heavy (non-hydrogen) atoms. The Hall–Kier alpha value is -1.14. The van der Waals surface area contributed by atoms with Gasteiger partial charge in [0.25, 0.3) is 0 Å². The number of hydrogen-bond donors (Lipinski definition) is 0. The molecule has 6 nitrogen and oxygen atoms in total. The van der Waals surface area contributed by atoms with Crippen molar-refractivity contribution in [2.75, 3.05) is 0 Å². The number of unbranched alkanes of at least 4 members (excludes halogenated alkanes) is 1. The highest BCUT2D eigenvalue weighted by molar-refractivity contribution is 5.70. The molecule has 0 aromatic heterocycles. The Labute approximate surface area is 146 Å². The highest BCUT2D eigenvalue weighted by Crippen LogP contribution is 2.09. The fourth-order valence-corrected chi connectivity index (χ4v) is 1.93. The number of rotatable bonds is 13. The van der Waals surface area contributed by atoms with Gasteiger partial charge in [0.2, 0.25) is 0 Å². The van der Waals surface area contributed by atoms with Crippen LogP contribution in [0.5, 0.6) is 0 Å². The average Bonchev–Trinajstić information content (AvgIpc) is 2.50. The summed E-state index contributed by atoms with van der Waals surface area (Å²) in [5.41, 5.74) is 0. The van der Waals surface area contributed by atoms with Crippen molar-refractivity contribution in [3.8, 4) is 0 Å². The SMILES string of the molecule is CCC(C)OC(C)OC(=O)CCCCC(=O)OC(C)OC(C)CC. The van der Waals surface area contributed by atoms with E-state index in [1.807, 2.05) is 27.7 Å². The molecule has 142 valence electrons. The maximum atomic E-state index is 11.7. The van der Waals surface area contributed by atoms with Crippen molar-refractivity contribution in [2.45, 2.75) is 105 Å². The van der Waals surface area contributed by atoms with Gasteiger partial charge in [-0.15, -0.1) is 0 Å². The van der Waals surface area contributed by atoms with Crippen LogP contribution >= 0.6 is 0 Å². The smallest absolute Gasteiger partial charge is 0.308 e. The Balaban J connectivity index is 3.77. The molecule has 0 N–H and O–H groups in total. The van der Waals surface area contributed by atoms with Crippen molar-refractivity contribution in [3.05, 3.63) is 0 Å². The van der Waals surface area contributed by atoms with Gasteiger partial charge in [-0.05, 0) is 53.4 Å². The molecule has 0 radical (unpaired) electrons. The standard InChI is InChI=1S/C18H34O6/c1-7-13(3)21-15(5)23-17(19)11-9-10-12-18(20)24-16(6)22-14(4)8-2/h13-16H,7-12H2,1-6H3. The van der Waals surface area contributed by atoms with E-state index in [0.29, 0.717) is 12.8 Å². The van der Waals surface area contributed by atoms with Crippen molar-refractivity contribution in [2.24, 2.45) is 0 Å². The summed E-state index contributed by atoms with van der Waals surface area (Å²) in [5, 5.41) is 0. The van der Waals surface area contributed by atoms with Gasteiger partial charge in [-0.25, -0.2) is 0 Å². The topological polar surface area (TPSA) is 71.1 Å². The first-order valence-corrected chi connectivity index (χ1v) is 8.98. The van der Waals surface area contributed by atoms with Crippen LogP contribution in [0.2, 0.25) is 0 Å². The second-order valence-electron chi connectivity index (χ2n) is 6.03. The van der Waals surface area contributed by atoms with Gasteiger partial charge in [-0.3, -0.25) is 9.59 Å². The lowest BCUT2D eigenvalue weighted by molar-refractivity contribution is -0.185. The van der Waals surface area contributed by atoms with Crippen molar-refractivity contribution in [1.29, 1.82) is 0 Å². The molecule has 0 aliphatic heterocycles. The maximum Gasteiger partial charge on any atom is 0.308 e. The molecule has 0 aromatic rings. The molecule has 0 aliphatic carbocycles. The van der Waals surface area contributed by atoms with Crippen LogP contribution in [0.15, 0.2) is 0 Å². The molecule has 0 amide bonds. The van der Waals surface area contributed by atoms with Gasteiger partial charge >= 0.3 is 11.9 Å². The number of carbonyl (C=O) groups is 2. The third-order valence-electron chi connectivity index (χ3n) is 3.60. The average molecular weight is 346 g/mol. The van der Waals surface area contributed by atoms with Crippen LogP contribution in [0.4, 0.5) is 0 Å². The number of hydrogen-bond acceptors (Lipinski definition) is 6. The predicted molar refractivity (Wildman–Crippen MR) is 91.3 cm³/mol. The largest absolute Gasteiger partial charge is 0.436 e. The zero-order valence-electron chi connectivity index (χ0n) is 16.0. The highest BCUT2D eigenvalue weighted by atomic mass is 16.7. The second kappa shape index (κ2) is 13.2. The Bertz CT molecular complexity index is 323. The summed E-state index contributed by atoms with van der Waals surface area (Å²) in [6, 6.07) is 0. The summed E-state index contributed by atoms with van der Waals surface area (Å²) in [4.78, 5) is 23.3. The van der Waals surface area contributed by atoms with Crippen LogP contribution in [-0.4, -0.2) is 36.7 Å². The number of carbonyl (C=O) groups excluding carboxylic acids is 2. The summed E-state index contributed by atoms with van der Waals surface area (Å²) in [6.07, 6.45) is 2.43. The minimum absolute atomic E-state index is 0.0576. The molecule has 0 saturated heterocycles. The molecule has 0 spiro atoms. The normalized spacial score (nSPS) is 16.1. The summed E-state index contributed by atoms with van der Waals surface area (Å²) < 4.78 is 21.2. The zero-order chi connectivity index (χ0) is 18.5. The molecule has 6 heteroatoms. The Kier molecular flexibility index (Phi) is 12.6. The Morgan fingerprint density at radius 2 is 1.04 bits per heavy atom. The fraction of sp³-hybridized carbons (Fsp3) is 0.889. The van der Waals surface area contributed by atoms with E-state index in [4.69, 9.17) is 18.9 Å². The van der Waals surface area contributed by atoms with Crippen LogP contribution in [-0.2, 0) is 28.5 Å². The third-order valence-corrected chi connectivity index (χ3v) is 3.60. The third kappa shape index (κ3) is 12.3. The van der Waals surface area contributed by atoms with Crippen molar-refractivity contribution < 1.29 is 28.5 Å². The minimum atomic E-state index is -0.545. The monoisotopic (exact) mass is 346 g/mol. The first-order chi connectivity index (χ1) is 11.3. The molecule has 4 unspecified atom stereocenters. The first kappa shape index (κ1) is 22.9. The molecule has 4 atom stereocenters. The van der Waals surface area contributed by atoms with Crippen molar-refractivity contribution in [1.82, 2.24) is 0 Å². The zero-order valence-corrected chi connectivity index (χ0v) is 16.0. The quantitative estimate of drug-likeness (QED) is 0.286. The minimum Gasteiger partial charge on any atom is -0.436 e. The molecule has 0 heterocycles. The molecular formula is C18H34O6. The van der Waals surface area contributed by atoms with Crippen molar-refractivity contribution in [3.63, 3.8) is 0 Å². The van der Waals surface area contributed by atoms with Crippen LogP contribution in [0.3, 0.4) is 0 Å². The van der Waals surface area contributed by atoms with Gasteiger partial charge in [-0.2, -0.15) is 0 Å². The van der Waals surface area contributed by atoms with Crippen LogP contribution in [0.1, 0.15) is 80.1 Å². The van der Waals surface area contributed by atoms with E-state index in [1.54, 1.807) is 13.8 Å². The van der Waals surface area contributed by atoms with Gasteiger partial charge < -0.3 is 18.9 Å². The lowest BCUT2D eigenvalue weighted by atomic mass is 10.2. The van der Waals surface area contributed by atoms with Gasteiger partial charge in [-0.1, -0.05) is 13.8 Å². The number of esters is 2. The fourth-order valence-electron chi connectivity index (χ4n) is 1.93. The van der Waals surface area contributed by atoms with E-state index in [-0.39, 0.29) is 37.0 Å². The molecule has 0 fully saturated rings. The van der Waals surface area contributed by atoms with E-state index < -0.39 is 12.6 Å². The van der Waals surface area contributed by atoms with Gasteiger partial charge in [0.05, 0.1) is 12.2 Å². The summed E-state index contributed by atoms with van der Waals surface area (Å²) >= 11 is 0. The molecule has 0 aromatic carbocycles. The van der Waals surface area contributed by atoms with Crippen LogP contribution in [0.25, 0.3) is 0 Å². The molecule has 0 rings (SSSR count).